The lowest BCUT2D eigenvalue weighted by atomic mass is 9.89. The maximum Gasteiger partial charge on any atom is 0.319 e. The molecule has 1 unspecified atom stereocenters. The van der Waals surface area contributed by atoms with Crippen LogP contribution in [-0.4, -0.2) is 53.4 Å². The average Bonchev–Trinajstić information content (AvgIpc) is 3.08. The molecule has 5 rings (SSSR count). The zero-order valence-electron chi connectivity index (χ0n) is 17.9. The second kappa shape index (κ2) is 8.32. The van der Waals surface area contributed by atoms with Gasteiger partial charge in [-0.05, 0) is 35.7 Å². The quantitative estimate of drug-likeness (QED) is 0.601. The van der Waals surface area contributed by atoms with Gasteiger partial charge in [0.1, 0.15) is 6.04 Å². The third kappa shape index (κ3) is 4.19. The third-order valence-corrected chi connectivity index (χ3v) is 6.30. The number of benzene rings is 2. The van der Waals surface area contributed by atoms with Gasteiger partial charge in [0.2, 0.25) is 11.8 Å². The molecule has 3 aliphatic rings. The fourth-order valence-electron chi connectivity index (χ4n) is 4.61. The highest BCUT2D eigenvalue weighted by molar-refractivity contribution is 6.05. The fraction of sp³-hybridized carbons (Fsp3) is 0.333. The van der Waals surface area contributed by atoms with Crippen molar-refractivity contribution in [3.63, 3.8) is 0 Å². The Hall–Kier alpha value is -3.72. The van der Waals surface area contributed by atoms with Gasteiger partial charge in [-0.3, -0.25) is 19.7 Å². The SMILES string of the molecule is O=C1CCC(N2Cc3cc(NC(=O)NC4(Cc5ccccc5)COC4)ccc3C2=O)C(=O)N1. The van der Waals surface area contributed by atoms with Gasteiger partial charge in [0.05, 0.1) is 18.8 Å². The largest absolute Gasteiger partial charge is 0.376 e. The standard InChI is InChI=1S/C24H24N4O5/c29-20-9-8-19(21(30)26-20)28-12-16-10-17(6-7-18(16)22(28)31)25-23(32)27-24(13-33-14-24)11-15-4-2-1-3-5-15/h1-7,10,19H,8-9,11-14H2,(H2,25,27,32)(H,26,29,30). The van der Waals surface area contributed by atoms with E-state index in [1.54, 1.807) is 18.2 Å². The number of carbonyl (C=O) groups excluding carboxylic acids is 4. The second-order valence-electron chi connectivity index (χ2n) is 8.79. The average molecular weight is 448 g/mol. The molecule has 33 heavy (non-hydrogen) atoms. The number of amides is 5. The van der Waals surface area contributed by atoms with E-state index >= 15 is 0 Å². The first kappa shape index (κ1) is 21.1. The van der Waals surface area contributed by atoms with Crippen LogP contribution in [-0.2, 0) is 27.3 Å². The second-order valence-corrected chi connectivity index (χ2v) is 8.79. The van der Waals surface area contributed by atoms with Crippen LogP contribution in [0.15, 0.2) is 48.5 Å². The zero-order chi connectivity index (χ0) is 23.0. The minimum absolute atomic E-state index is 0.206. The van der Waals surface area contributed by atoms with Crippen molar-refractivity contribution >= 4 is 29.4 Å². The topological polar surface area (TPSA) is 117 Å². The van der Waals surface area contributed by atoms with E-state index in [9.17, 15) is 19.2 Å². The molecule has 2 aromatic carbocycles. The van der Waals surface area contributed by atoms with Gasteiger partial charge in [-0.15, -0.1) is 0 Å². The van der Waals surface area contributed by atoms with Gasteiger partial charge in [0.25, 0.3) is 5.91 Å². The minimum atomic E-state index is -0.668. The van der Waals surface area contributed by atoms with Gasteiger partial charge >= 0.3 is 6.03 Å². The monoisotopic (exact) mass is 448 g/mol. The molecule has 2 aromatic rings. The van der Waals surface area contributed by atoms with Crippen molar-refractivity contribution in [2.75, 3.05) is 18.5 Å². The Balaban J connectivity index is 1.24. The third-order valence-electron chi connectivity index (χ3n) is 6.30. The number of imide groups is 1. The number of hydrogen-bond acceptors (Lipinski definition) is 5. The van der Waals surface area contributed by atoms with Gasteiger partial charge in [-0.25, -0.2) is 4.79 Å². The highest BCUT2D eigenvalue weighted by Crippen LogP contribution is 2.30. The smallest absolute Gasteiger partial charge is 0.319 e. The predicted molar refractivity (Wildman–Crippen MR) is 118 cm³/mol. The molecule has 0 radical (unpaired) electrons. The van der Waals surface area contributed by atoms with Crippen LogP contribution < -0.4 is 16.0 Å². The number of urea groups is 1. The molecule has 2 saturated heterocycles. The van der Waals surface area contributed by atoms with E-state index in [4.69, 9.17) is 4.74 Å². The van der Waals surface area contributed by atoms with E-state index in [1.165, 1.54) is 4.90 Å². The molecule has 0 spiro atoms. The molecule has 9 heteroatoms. The summed E-state index contributed by atoms with van der Waals surface area (Å²) in [6.45, 7) is 1.13. The summed E-state index contributed by atoms with van der Waals surface area (Å²) in [5.74, 6) is -1.01. The van der Waals surface area contributed by atoms with Crippen LogP contribution >= 0.6 is 0 Å². The molecule has 0 aromatic heterocycles. The van der Waals surface area contributed by atoms with Crippen molar-refractivity contribution in [1.82, 2.24) is 15.5 Å². The van der Waals surface area contributed by atoms with Crippen molar-refractivity contribution in [2.24, 2.45) is 0 Å². The van der Waals surface area contributed by atoms with Crippen LogP contribution in [0.1, 0.15) is 34.3 Å². The molecule has 3 heterocycles. The van der Waals surface area contributed by atoms with Gasteiger partial charge in [-0.1, -0.05) is 30.3 Å². The highest BCUT2D eigenvalue weighted by Gasteiger charge is 2.41. The first-order valence-electron chi connectivity index (χ1n) is 10.9. The van der Waals surface area contributed by atoms with Crippen molar-refractivity contribution in [1.29, 1.82) is 0 Å². The lowest BCUT2D eigenvalue weighted by Crippen LogP contribution is -2.64. The lowest BCUT2D eigenvalue weighted by molar-refractivity contribution is -0.136. The van der Waals surface area contributed by atoms with Crippen LogP contribution in [0.4, 0.5) is 10.5 Å². The first-order valence-corrected chi connectivity index (χ1v) is 10.9. The molecule has 3 N–H and O–H groups in total. The molecule has 5 amide bonds. The molecule has 170 valence electrons. The Kier molecular flexibility index (Phi) is 5.33. The van der Waals surface area contributed by atoms with Gasteiger partial charge in [0.15, 0.2) is 0 Å². The maximum absolute atomic E-state index is 12.8. The van der Waals surface area contributed by atoms with Crippen LogP contribution in [0.5, 0.6) is 0 Å². The van der Waals surface area contributed by atoms with E-state index in [0.717, 1.165) is 11.1 Å². The summed E-state index contributed by atoms with van der Waals surface area (Å²) in [5, 5.41) is 8.18. The number of nitrogens with zero attached hydrogens (tertiary/aromatic N) is 1. The minimum Gasteiger partial charge on any atom is -0.376 e. The number of carbonyl (C=O) groups is 4. The molecule has 0 saturated carbocycles. The van der Waals surface area contributed by atoms with Crippen LogP contribution in [0.25, 0.3) is 0 Å². The van der Waals surface area contributed by atoms with Gasteiger partial charge in [-0.2, -0.15) is 0 Å². The number of rotatable bonds is 5. The van der Waals surface area contributed by atoms with Crippen molar-refractivity contribution < 1.29 is 23.9 Å². The zero-order valence-corrected chi connectivity index (χ0v) is 17.9. The summed E-state index contributed by atoms with van der Waals surface area (Å²) in [6.07, 6.45) is 1.18. The number of anilines is 1. The van der Waals surface area contributed by atoms with Gasteiger partial charge < -0.3 is 20.3 Å². The Morgan fingerprint density at radius 3 is 2.61 bits per heavy atom. The number of hydrogen-bond donors (Lipinski definition) is 3. The summed E-state index contributed by atoms with van der Waals surface area (Å²) in [4.78, 5) is 50.6. The van der Waals surface area contributed by atoms with E-state index in [0.29, 0.717) is 37.3 Å². The highest BCUT2D eigenvalue weighted by atomic mass is 16.5. The molecule has 0 bridgehead atoms. The Bertz CT molecular complexity index is 1130. The lowest BCUT2D eigenvalue weighted by Gasteiger charge is -2.42. The fourth-order valence-corrected chi connectivity index (χ4v) is 4.61. The Morgan fingerprint density at radius 1 is 1.12 bits per heavy atom. The predicted octanol–water partition coefficient (Wildman–Crippen LogP) is 1.58. The van der Waals surface area contributed by atoms with E-state index in [1.807, 2.05) is 30.3 Å². The Morgan fingerprint density at radius 2 is 1.91 bits per heavy atom. The number of nitrogens with one attached hydrogen (secondary N) is 3. The van der Waals surface area contributed by atoms with Crippen molar-refractivity contribution in [2.45, 2.75) is 37.4 Å². The van der Waals surface area contributed by atoms with Crippen LogP contribution in [0.3, 0.4) is 0 Å². The number of piperidine rings is 1. The molecule has 2 fully saturated rings. The van der Waals surface area contributed by atoms with E-state index < -0.39 is 17.5 Å². The maximum atomic E-state index is 12.8. The van der Waals surface area contributed by atoms with E-state index in [-0.39, 0.29) is 30.8 Å². The van der Waals surface area contributed by atoms with Crippen LogP contribution in [0.2, 0.25) is 0 Å². The summed E-state index contributed by atoms with van der Waals surface area (Å²) < 4.78 is 5.38. The summed E-state index contributed by atoms with van der Waals surface area (Å²) >= 11 is 0. The summed E-state index contributed by atoms with van der Waals surface area (Å²) in [6, 6.07) is 14.0. The van der Waals surface area contributed by atoms with Gasteiger partial charge in [0, 0.05) is 30.6 Å². The molecule has 1 atom stereocenters. The Labute approximate surface area is 190 Å². The first-order chi connectivity index (χ1) is 15.9. The molecular formula is C24H24N4O5. The molecule has 3 aliphatic heterocycles. The molecular weight excluding hydrogens is 424 g/mol. The molecule has 0 aliphatic carbocycles. The normalized spacial score (nSPS) is 21.2. The number of fused-ring (bicyclic) bond motifs is 1. The van der Waals surface area contributed by atoms with Crippen molar-refractivity contribution in [3.05, 3.63) is 65.2 Å². The molecule has 9 nitrogen and oxygen atoms in total. The number of ether oxygens (including phenoxy) is 1. The summed E-state index contributed by atoms with van der Waals surface area (Å²) in [7, 11) is 0. The van der Waals surface area contributed by atoms with Crippen molar-refractivity contribution in [3.8, 4) is 0 Å². The van der Waals surface area contributed by atoms with Crippen LogP contribution in [0, 0.1) is 0 Å². The summed E-state index contributed by atoms with van der Waals surface area (Å²) in [5.41, 5.74) is 2.44. The van der Waals surface area contributed by atoms with E-state index in [2.05, 4.69) is 16.0 Å².